The molecule has 1 aliphatic rings. The monoisotopic (exact) mass is 400 g/mol. The van der Waals surface area contributed by atoms with Gasteiger partial charge in [-0.25, -0.2) is 0 Å². The lowest BCUT2D eigenvalue weighted by Crippen LogP contribution is -2.51. The molecule has 3 aromatic carbocycles. The van der Waals surface area contributed by atoms with Gasteiger partial charge in [-0.05, 0) is 33.8 Å². The van der Waals surface area contributed by atoms with E-state index in [-0.39, 0.29) is 11.5 Å². The number of anilines is 1. The Morgan fingerprint density at radius 3 is 1.97 bits per heavy atom. The second-order valence-electron chi connectivity index (χ2n) is 8.87. The van der Waals surface area contributed by atoms with Crippen molar-refractivity contribution in [2.75, 3.05) is 11.9 Å². The van der Waals surface area contributed by atoms with Crippen LogP contribution in [0.3, 0.4) is 0 Å². The normalized spacial score (nSPS) is 17.4. The maximum absolute atomic E-state index is 7.16. The van der Waals surface area contributed by atoms with Crippen LogP contribution in [-0.2, 0) is 4.43 Å². The summed E-state index contributed by atoms with van der Waals surface area (Å²) in [7, 11) is -1.35. The van der Waals surface area contributed by atoms with E-state index in [0.29, 0.717) is 5.92 Å². The van der Waals surface area contributed by atoms with Gasteiger partial charge in [-0.15, -0.1) is 0 Å². The highest BCUT2D eigenvalue weighted by Crippen LogP contribution is 2.41. The Morgan fingerprint density at radius 2 is 1.38 bits per heavy atom. The molecule has 1 heterocycles. The van der Waals surface area contributed by atoms with E-state index < -0.39 is 9.04 Å². The van der Waals surface area contributed by atoms with Crippen molar-refractivity contribution in [2.45, 2.75) is 39.2 Å². The smallest absolute Gasteiger partial charge is 0.283 e. The quantitative estimate of drug-likeness (QED) is 0.620. The molecule has 0 fully saturated rings. The summed E-state index contributed by atoms with van der Waals surface area (Å²) in [5.41, 5.74) is 2.69. The standard InChI is InChI=1S/C26H30NOSi/c1-26(2,3)25(23-18-19-27-24-17-11-10-16-22(23)24)28-29(20-12-6-4-7-13-20)21-14-8-5-9-15-21/h4-17,23,25,27H,18-19H2,1-3H3. The summed E-state index contributed by atoms with van der Waals surface area (Å²) in [6, 6.07) is 30.3. The van der Waals surface area contributed by atoms with E-state index in [1.165, 1.54) is 21.6 Å². The van der Waals surface area contributed by atoms with Crippen LogP contribution in [0.2, 0.25) is 0 Å². The van der Waals surface area contributed by atoms with Crippen LogP contribution in [0.5, 0.6) is 0 Å². The van der Waals surface area contributed by atoms with Crippen molar-refractivity contribution in [1.82, 2.24) is 0 Å². The Hall–Kier alpha value is -2.36. The number of para-hydroxylation sites is 1. The van der Waals surface area contributed by atoms with Crippen molar-refractivity contribution in [2.24, 2.45) is 5.41 Å². The van der Waals surface area contributed by atoms with Crippen molar-refractivity contribution in [1.29, 1.82) is 0 Å². The Labute approximate surface area is 176 Å². The van der Waals surface area contributed by atoms with Crippen LogP contribution in [0, 0.1) is 5.41 Å². The van der Waals surface area contributed by atoms with Gasteiger partial charge < -0.3 is 9.74 Å². The van der Waals surface area contributed by atoms with Gasteiger partial charge in [0, 0.05) is 18.2 Å². The van der Waals surface area contributed by atoms with Crippen LogP contribution in [0.1, 0.15) is 38.7 Å². The molecule has 2 nitrogen and oxygen atoms in total. The zero-order valence-electron chi connectivity index (χ0n) is 17.6. The van der Waals surface area contributed by atoms with Crippen molar-refractivity contribution >= 4 is 25.1 Å². The van der Waals surface area contributed by atoms with Gasteiger partial charge in [-0.1, -0.05) is 99.6 Å². The lowest BCUT2D eigenvalue weighted by Gasteiger charge is -2.42. The molecule has 0 aliphatic carbocycles. The van der Waals surface area contributed by atoms with Crippen molar-refractivity contribution in [3.63, 3.8) is 0 Å². The average Bonchev–Trinajstić information content (AvgIpc) is 2.75. The van der Waals surface area contributed by atoms with Gasteiger partial charge in [0.15, 0.2) is 0 Å². The Morgan fingerprint density at radius 1 is 0.828 bits per heavy atom. The summed E-state index contributed by atoms with van der Waals surface area (Å²) in [4.78, 5) is 0. The maximum Gasteiger partial charge on any atom is 0.283 e. The lowest BCUT2D eigenvalue weighted by atomic mass is 9.75. The van der Waals surface area contributed by atoms with Crippen LogP contribution in [0.25, 0.3) is 0 Å². The van der Waals surface area contributed by atoms with Crippen molar-refractivity contribution in [3.05, 3.63) is 90.5 Å². The minimum Gasteiger partial charge on any atom is -0.403 e. The highest BCUT2D eigenvalue weighted by atomic mass is 28.3. The van der Waals surface area contributed by atoms with E-state index in [9.17, 15) is 0 Å². The lowest BCUT2D eigenvalue weighted by molar-refractivity contribution is 0.0608. The molecule has 0 amide bonds. The fourth-order valence-electron chi connectivity index (χ4n) is 4.28. The second kappa shape index (κ2) is 8.56. The maximum atomic E-state index is 7.16. The van der Waals surface area contributed by atoms with Crippen LogP contribution in [0.15, 0.2) is 84.9 Å². The Balaban J connectivity index is 1.74. The summed E-state index contributed by atoms with van der Waals surface area (Å²) in [6.07, 6.45) is 1.23. The van der Waals surface area contributed by atoms with Gasteiger partial charge in [-0.2, -0.15) is 0 Å². The number of hydrogen-bond donors (Lipinski definition) is 1. The van der Waals surface area contributed by atoms with E-state index in [0.717, 1.165) is 13.0 Å². The van der Waals surface area contributed by atoms with Gasteiger partial charge in [0.1, 0.15) is 0 Å². The van der Waals surface area contributed by atoms with E-state index in [4.69, 9.17) is 4.43 Å². The third-order valence-electron chi connectivity index (χ3n) is 5.67. The zero-order chi connectivity index (χ0) is 20.3. The molecule has 149 valence electrons. The minimum absolute atomic E-state index is 0.0363. The Kier molecular flexibility index (Phi) is 5.88. The molecule has 1 radical (unpaired) electrons. The van der Waals surface area contributed by atoms with Crippen LogP contribution in [0.4, 0.5) is 5.69 Å². The minimum atomic E-state index is -1.35. The zero-order valence-corrected chi connectivity index (χ0v) is 18.6. The van der Waals surface area contributed by atoms with E-state index in [1.54, 1.807) is 0 Å². The molecule has 3 heteroatoms. The first kappa shape index (κ1) is 19.9. The largest absolute Gasteiger partial charge is 0.403 e. The van der Waals surface area contributed by atoms with E-state index >= 15 is 0 Å². The average molecular weight is 401 g/mol. The first-order valence-electron chi connectivity index (χ1n) is 10.5. The molecule has 2 atom stereocenters. The van der Waals surface area contributed by atoms with Crippen LogP contribution < -0.4 is 15.7 Å². The number of benzene rings is 3. The SMILES string of the molecule is CC(C)(C)C(O[Si](c1ccccc1)c1ccccc1)C1CCNc2ccccc21. The second-order valence-corrected chi connectivity index (χ2v) is 10.9. The van der Waals surface area contributed by atoms with Gasteiger partial charge in [0.05, 0.1) is 6.10 Å². The molecule has 0 aromatic heterocycles. The summed E-state index contributed by atoms with van der Waals surface area (Å²) in [5, 5.41) is 6.18. The molecule has 1 aliphatic heterocycles. The Bertz CT molecular complexity index is 881. The predicted octanol–water partition coefficient (Wildman–Crippen LogP) is 4.82. The topological polar surface area (TPSA) is 21.3 Å². The molecule has 0 saturated carbocycles. The fraction of sp³-hybridized carbons (Fsp3) is 0.308. The van der Waals surface area contributed by atoms with Gasteiger partial charge in [0.25, 0.3) is 9.04 Å². The number of nitrogens with one attached hydrogen (secondary N) is 1. The van der Waals surface area contributed by atoms with Crippen molar-refractivity contribution in [3.8, 4) is 0 Å². The molecular weight excluding hydrogens is 370 g/mol. The summed E-state index contributed by atoms with van der Waals surface area (Å²) in [5.74, 6) is 0.389. The number of rotatable bonds is 5. The summed E-state index contributed by atoms with van der Waals surface area (Å²) >= 11 is 0. The molecular formula is C26H30NOSi. The fourth-order valence-corrected chi connectivity index (χ4v) is 6.65. The summed E-state index contributed by atoms with van der Waals surface area (Å²) in [6.45, 7) is 7.95. The van der Waals surface area contributed by atoms with Gasteiger partial charge >= 0.3 is 0 Å². The highest BCUT2D eigenvalue weighted by molar-refractivity contribution is 6.80. The molecule has 29 heavy (non-hydrogen) atoms. The van der Waals surface area contributed by atoms with Crippen LogP contribution >= 0.6 is 0 Å². The van der Waals surface area contributed by atoms with Gasteiger partial charge in [-0.3, -0.25) is 0 Å². The highest BCUT2D eigenvalue weighted by Gasteiger charge is 2.39. The first-order chi connectivity index (χ1) is 14.0. The predicted molar refractivity (Wildman–Crippen MR) is 125 cm³/mol. The third kappa shape index (κ3) is 4.47. The molecule has 2 unspecified atom stereocenters. The first-order valence-corrected chi connectivity index (χ1v) is 11.9. The molecule has 0 spiro atoms. The summed E-state index contributed by atoms with van der Waals surface area (Å²) < 4.78 is 7.16. The molecule has 1 N–H and O–H groups in total. The van der Waals surface area contributed by atoms with Crippen LogP contribution in [-0.4, -0.2) is 21.7 Å². The van der Waals surface area contributed by atoms with Gasteiger partial charge in [0.2, 0.25) is 0 Å². The third-order valence-corrected chi connectivity index (χ3v) is 7.87. The van der Waals surface area contributed by atoms with Crippen molar-refractivity contribution < 1.29 is 4.43 Å². The number of fused-ring (bicyclic) bond motifs is 1. The number of hydrogen-bond acceptors (Lipinski definition) is 2. The molecule has 0 saturated heterocycles. The van der Waals surface area contributed by atoms with E-state index in [2.05, 4.69) is 111 Å². The van der Waals surface area contributed by atoms with E-state index in [1.807, 2.05) is 0 Å². The molecule has 0 bridgehead atoms. The molecule has 3 aromatic rings. The molecule has 4 rings (SSSR count).